The molecule has 0 unspecified atom stereocenters. The molecule has 0 fully saturated rings. The number of aryl methyl sites for hydroxylation is 1. The molecular formula is C17H10Cl2F4N4O3S. The Bertz CT molecular complexity index is 1290. The number of carbonyl (C=O) groups excluding carboxylic acids is 1. The quantitative estimate of drug-likeness (QED) is 0.547. The first kappa shape index (κ1) is 23.0. The normalized spacial score (nSPS) is 12.1. The van der Waals surface area contributed by atoms with Gasteiger partial charge in [0.25, 0.3) is 15.9 Å². The van der Waals surface area contributed by atoms with Crippen LogP contribution in [0.5, 0.6) is 0 Å². The standard InChI is InChI=1S/C17H10Cl2F4N4O3S/c1-8-2-5-12(10(19)6-8)27-15(17(21,22)23)14(24-26-27)16(28)25-31(29,30)13-7-9(18)3-4-11(13)20/h2-7H,1H3,(H,25,28). The fraction of sp³-hybridized carbons (Fsp3) is 0.118. The Morgan fingerprint density at radius 2 is 1.81 bits per heavy atom. The van der Waals surface area contributed by atoms with Crippen LogP contribution in [0.1, 0.15) is 21.7 Å². The predicted molar refractivity (Wildman–Crippen MR) is 102 cm³/mol. The number of carbonyl (C=O) groups is 1. The minimum Gasteiger partial charge on any atom is -0.266 e. The highest BCUT2D eigenvalue weighted by molar-refractivity contribution is 7.90. The third kappa shape index (κ3) is 4.65. The van der Waals surface area contributed by atoms with E-state index in [-0.39, 0.29) is 20.4 Å². The fourth-order valence-corrected chi connectivity index (χ4v) is 4.16. The van der Waals surface area contributed by atoms with Crippen LogP contribution in [0.15, 0.2) is 41.3 Å². The molecule has 1 heterocycles. The maximum Gasteiger partial charge on any atom is 0.435 e. The average molecular weight is 497 g/mol. The zero-order valence-electron chi connectivity index (χ0n) is 15.2. The fourth-order valence-electron chi connectivity index (χ4n) is 2.55. The molecule has 0 aliphatic rings. The van der Waals surface area contributed by atoms with Gasteiger partial charge in [0, 0.05) is 5.02 Å². The highest BCUT2D eigenvalue weighted by Crippen LogP contribution is 2.34. The summed E-state index contributed by atoms with van der Waals surface area (Å²) in [6.07, 6.45) is -5.17. The Kier molecular flexibility index (Phi) is 6.00. The van der Waals surface area contributed by atoms with Gasteiger partial charge in [-0.25, -0.2) is 22.2 Å². The van der Waals surface area contributed by atoms with E-state index in [1.165, 1.54) is 22.9 Å². The molecule has 1 amide bonds. The molecule has 3 aromatic rings. The summed E-state index contributed by atoms with van der Waals surface area (Å²) in [5, 5.41) is 6.20. The smallest absolute Gasteiger partial charge is 0.266 e. The molecule has 31 heavy (non-hydrogen) atoms. The molecule has 3 rings (SSSR count). The van der Waals surface area contributed by atoms with Gasteiger partial charge in [-0.1, -0.05) is 34.5 Å². The van der Waals surface area contributed by atoms with E-state index >= 15 is 0 Å². The summed E-state index contributed by atoms with van der Waals surface area (Å²) in [6, 6.07) is 6.51. The molecule has 14 heteroatoms. The number of nitrogens with one attached hydrogen (secondary N) is 1. The second-order valence-corrected chi connectivity index (χ2v) is 8.65. The van der Waals surface area contributed by atoms with Crippen molar-refractivity contribution in [2.45, 2.75) is 18.0 Å². The van der Waals surface area contributed by atoms with Crippen LogP contribution in [0.2, 0.25) is 10.0 Å². The van der Waals surface area contributed by atoms with Gasteiger partial charge in [0.05, 0.1) is 10.7 Å². The highest BCUT2D eigenvalue weighted by atomic mass is 35.5. The zero-order chi connectivity index (χ0) is 23.1. The lowest BCUT2D eigenvalue weighted by Gasteiger charge is -2.13. The van der Waals surface area contributed by atoms with Crippen LogP contribution in [0.4, 0.5) is 17.6 Å². The summed E-state index contributed by atoms with van der Waals surface area (Å²) in [5.41, 5.74) is -2.61. The Morgan fingerprint density at radius 1 is 1.13 bits per heavy atom. The molecule has 1 N–H and O–H groups in total. The van der Waals surface area contributed by atoms with Gasteiger partial charge in [0.15, 0.2) is 11.4 Å². The number of halogens is 6. The molecule has 2 aromatic carbocycles. The lowest BCUT2D eigenvalue weighted by molar-refractivity contribution is -0.143. The number of benzene rings is 2. The van der Waals surface area contributed by atoms with Crippen LogP contribution in [0, 0.1) is 12.7 Å². The minimum atomic E-state index is -5.17. The van der Waals surface area contributed by atoms with Gasteiger partial charge >= 0.3 is 6.18 Å². The van der Waals surface area contributed by atoms with E-state index in [4.69, 9.17) is 23.2 Å². The van der Waals surface area contributed by atoms with Crippen molar-refractivity contribution < 1.29 is 30.8 Å². The molecule has 0 atom stereocenters. The topological polar surface area (TPSA) is 93.9 Å². The van der Waals surface area contributed by atoms with Crippen molar-refractivity contribution in [1.82, 2.24) is 19.7 Å². The van der Waals surface area contributed by atoms with Crippen LogP contribution >= 0.6 is 23.2 Å². The number of nitrogens with zero attached hydrogens (tertiary/aromatic N) is 3. The van der Waals surface area contributed by atoms with Gasteiger partial charge in [-0.3, -0.25) is 4.79 Å². The summed E-state index contributed by atoms with van der Waals surface area (Å²) in [5.74, 6) is -3.04. The van der Waals surface area contributed by atoms with Crippen LogP contribution in [0.25, 0.3) is 5.69 Å². The summed E-state index contributed by atoms with van der Waals surface area (Å²) in [7, 11) is -4.92. The summed E-state index contributed by atoms with van der Waals surface area (Å²) >= 11 is 11.6. The molecule has 1 aromatic heterocycles. The Morgan fingerprint density at radius 3 is 2.42 bits per heavy atom. The van der Waals surface area contributed by atoms with Gasteiger partial charge < -0.3 is 0 Å². The van der Waals surface area contributed by atoms with E-state index in [1.807, 2.05) is 0 Å². The number of alkyl halides is 3. The number of rotatable bonds is 4. The lowest BCUT2D eigenvalue weighted by Crippen LogP contribution is -2.33. The number of amides is 1. The van der Waals surface area contributed by atoms with Crippen molar-refractivity contribution in [2.75, 3.05) is 0 Å². The summed E-state index contributed by atoms with van der Waals surface area (Å²) in [6.45, 7) is 1.65. The van der Waals surface area contributed by atoms with Crippen molar-refractivity contribution in [3.05, 3.63) is 69.2 Å². The molecule has 0 bridgehead atoms. The molecule has 0 saturated carbocycles. The van der Waals surface area contributed by atoms with Gasteiger partial charge in [0.2, 0.25) is 0 Å². The zero-order valence-corrected chi connectivity index (χ0v) is 17.5. The molecule has 0 saturated heterocycles. The monoisotopic (exact) mass is 496 g/mol. The molecule has 0 aliphatic heterocycles. The third-order valence-electron chi connectivity index (χ3n) is 3.90. The van der Waals surface area contributed by atoms with Crippen molar-refractivity contribution in [3.8, 4) is 5.69 Å². The molecule has 164 valence electrons. The van der Waals surface area contributed by atoms with Crippen LogP contribution in [-0.2, 0) is 16.2 Å². The van der Waals surface area contributed by atoms with E-state index in [2.05, 4.69) is 10.3 Å². The number of sulfonamides is 1. The third-order valence-corrected chi connectivity index (χ3v) is 5.78. The van der Waals surface area contributed by atoms with Gasteiger partial charge in [-0.2, -0.15) is 13.2 Å². The first-order valence-corrected chi connectivity index (χ1v) is 10.4. The molecular weight excluding hydrogens is 487 g/mol. The Hall–Kier alpha value is -2.70. The Labute approximate surface area is 182 Å². The largest absolute Gasteiger partial charge is 0.435 e. The van der Waals surface area contributed by atoms with Gasteiger partial charge in [-0.05, 0) is 42.8 Å². The second-order valence-electron chi connectivity index (χ2n) is 6.16. The molecule has 0 spiro atoms. The van der Waals surface area contributed by atoms with Crippen LogP contribution in [-0.4, -0.2) is 29.3 Å². The van der Waals surface area contributed by atoms with Crippen LogP contribution < -0.4 is 4.72 Å². The molecule has 0 radical (unpaired) electrons. The number of hydrogen-bond acceptors (Lipinski definition) is 5. The van der Waals surface area contributed by atoms with Gasteiger partial charge in [0.1, 0.15) is 10.7 Å². The van der Waals surface area contributed by atoms with E-state index in [0.29, 0.717) is 11.6 Å². The van der Waals surface area contributed by atoms with E-state index in [0.717, 1.165) is 12.1 Å². The first-order chi connectivity index (χ1) is 14.3. The number of hydrogen-bond donors (Lipinski definition) is 1. The predicted octanol–water partition coefficient (Wildman–Crippen LogP) is 4.16. The SMILES string of the molecule is Cc1ccc(-n2nnc(C(=O)NS(=O)(=O)c3cc(Cl)ccc3F)c2C(F)(F)F)c(Cl)c1. The summed E-state index contributed by atoms with van der Waals surface area (Å²) < 4.78 is 81.3. The van der Waals surface area contributed by atoms with Crippen molar-refractivity contribution in [1.29, 1.82) is 0 Å². The first-order valence-electron chi connectivity index (χ1n) is 8.13. The highest BCUT2D eigenvalue weighted by Gasteiger charge is 2.43. The van der Waals surface area contributed by atoms with E-state index in [9.17, 15) is 30.8 Å². The maximum absolute atomic E-state index is 13.9. The second kappa shape index (κ2) is 8.09. The molecule has 7 nitrogen and oxygen atoms in total. The Balaban J connectivity index is 2.08. The average Bonchev–Trinajstić information content (AvgIpc) is 3.08. The van der Waals surface area contributed by atoms with E-state index < -0.39 is 44.2 Å². The van der Waals surface area contributed by atoms with Crippen LogP contribution in [0.3, 0.4) is 0 Å². The van der Waals surface area contributed by atoms with Crippen molar-refractivity contribution >= 4 is 39.1 Å². The molecule has 0 aliphatic carbocycles. The maximum atomic E-state index is 13.9. The van der Waals surface area contributed by atoms with Crippen molar-refractivity contribution in [2.24, 2.45) is 0 Å². The van der Waals surface area contributed by atoms with E-state index in [1.54, 1.807) is 6.92 Å². The number of aromatic nitrogens is 3. The summed E-state index contributed by atoms with van der Waals surface area (Å²) in [4.78, 5) is 11.4. The lowest BCUT2D eigenvalue weighted by atomic mass is 10.2. The van der Waals surface area contributed by atoms with Gasteiger partial charge in [-0.15, -0.1) is 5.10 Å². The van der Waals surface area contributed by atoms with Crippen molar-refractivity contribution in [3.63, 3.8) is 0 Å². The minimum absolute atomic E-state index is 0.115.